The molecule has 1 fully saturated rings. The number of carbonyl (C=O) groups excluding carboxylic acids is 1. The molecule has 0 radical (unpaired) electrons. The Kier molecular flexibility index (Phi) is 9.83. The van der Waals surface area contributed by atoms with Crippen LogP contribution >= 0.6 is 0 Å². The fraction of sp³-hybridized carbons (Fsp3) is 0.600. The number of hydrogen-bond acceptors (Lipinski definition) is 5. The summed E-state index contributed by atoms with van der Waals surface area (Å²) in [4.78, 5) is 18.4. The third kappa shape index (κ3) is 8.51. The van der Waals surface area contributed by atoms with Gasteiger partial charge < -0.3 is 19.1 Å². The molecule has 7 nitrogen and oxygen atoms in total. The number of rotatable bonds is 9. The second kappa shape index (κ2) is 12.4. The zero-order valence-corrected chi connectivity index (χ0v) is 16.5. The zero-order valence-electron chi connectivity index (χ0n) is 16.5. The number of amidine groups is 1. The summed E-state index contributed by atoms with van der Waals surface area (Å²) >= 11 is 0. The second-order valence-corrected chi connectivity index (χ2v) is 6.52. The Balaban J connectivity index is 1.84. The van der Waals surface area contributed by atoms with Crippen LogP contribution in [0.3, 0.4) is 0 Å². The number of morpholine rings is 1. The topological polar surface area (TPSA) is 73.6 Å². The molecule has 27 heavy (non-hydrogen) atoms. The summed E-state index contributed by atoms with van der Waals surface area (Å²) in [5.41, 5.74) is 1.69. The molecule has 2 N–H and O–H groups in total. The van der Waals surface area contributed by atoms with Gasteiger partial charge in [-0.1, -0.05) is 17.7 Å². The maximum absolute atomic E-state index is 12.4. The molecule has 150 valence electrons. The molecule has 1 amide bonds. The predicted octanol–water partition coefficient (Wildman–Crippen LogP) is 0.439. The van der Waals surface area contributed by atoms with Crippen molar-refractivity contribution in [1.29, 1.82) is 0 Å². The first-order valence-electron chi connectivity index (χ1n) is 9.73. The van der Waals surface area contributed by atoms with Crippen LogP contribution in [0.1, 0.15) is 29.3 Å². The minimum atomic E-state index is -0.219. The lowest BCUT2D eigenvalue weighted by atomic mass is 10.1. The molecule has 1 aromatic carbocycles. The van der Waals surface area contributed by atoms with Crippen LogP contribution in [-0.4, -0.2) is 71.1 Å². The van der Waals surface area contributed by atoms with Crippen LogP contribution in [0.15, 0.2) is 29.3 Å². The molecule has 0 aliphatic carbocycles. The van der Waals surface area contributed by atoms with Gasteiger partial charge in [-0.3, -0.25) is 10.1 Å². The first kappa shape index (κ1) is 21.3. The molecular formula is C20H32N3O4+. The number of hydrogen-bond donors (Lipinski definition) is 2. The molecule has 0 bridgehead atoms. The van der Waals surface area contributed by atoms with E-state index in [1.165, 1.54) is 0 Å². The van der Waals surface area contributed by atoms with E-state index in [2.05, 4.69) is 10.3 Å². The van der Waals surface area contributed by atoms with E-state index in [9.17, 15) is 4.79 Å². The Hall–Kier alpha value is -1.96. The van der Waals surface area contributed by atoms with E-state index in [0.717, 1.165) is 44.8 Å². The predicted molar refractivity (Wildman–Crippen MR) is 104 cm³/mol. The van der Waals surface area contributed by atoms with Crippen molar-refractivity contribution in [3.63, 3.8) is 0 Å². The number of aliphatic imine (C=N–C) groups is 1. The van der Waals surface area contributed by atoms with Crippen LogP contribution in [0.25, 0.3) is 0 Å². The van der Waals surface area contributed by atoms with Crippen molar-refractivity contribution >= 4 is 11.9 Å². The quantitative estimate of drug-likeness (QED) is 0.372. The Bertz CT molecular complexity index is 583. The van der Waals surface area contributed by atoms with Crippen molar-refractivity contribution in [3.8, 4) is 0 Å². The lowest BCUT2D eigenvalue weighted by Gasteiger charge is -2.23. The van der Waals surface area contributed by atoms with Crippen molar-refractivity contribution < 1.29 is 23.9 Å². The molecule has 1 saturated heterocycles. The summed E-state index contributed by atoms with van der Waals surface area (Å²) in [6.45, 7) is 10.8. The van der Waals surface area contributed by atoms with Gasteiger partial charge in [0.1, 0.15) is 19.7 Å². The third-order valence-electron chi connectivity index (χ3n) is 4.35. The smallest absolute Gasteiger partial charge is 0.291 e. The number of nitrogens with zero attached hydrogens (tertiary/aromatic N) is 1. The molecule has 0 atom stereocenters. The standard InChI is InChI=1S/C20H31N3O4/c1-3-25-15-16-27-20(21-9-4-10-23-11-13-26-14-12-23)22-19(24)18-7-5-17(2)6-8-18/h5-8H,3-4,9-16H2,1-2H3,(H,21,22,24)/p+1. The van der Waals surface area contributed by atoms with Gasteiger partial charge in [0.25, 0.3) is 11.9 Å². The number of benzene rings is 1. The van der Waals surface area contributed by atoms with Gasteiger partial charge in [0.05, 0.1) is 26.4 Å². The lowest BCUT2D eigenvalue weighted by Crippen LogP contribution is -3.14. The summed E-state index contributed by atoms with van der Waals surface area (Å²) in [5.74, 6) is -0.219. The van der Waals surface area contributed by atoms with E-state index in [-0.39, 0.29) is 11.9 Å². The molecule has 7 heteroatoms. The van der Waals surface area contributed by atoms with E-state index in [1.54, 1.807) is 17.0 Å². The Morgan fingerprint density at radius 1 is 1.22 bits per heavy atom. The first-order valence-corrected chi connectivity index (χ1v) is 9.73. The van der Waals surface area contributed by atoms with Gasteiger partial charge in [-0.15, -0.1) is 0 Å². The van der Waals surface area contributed by atoms with Crippen LogP contribution in [-0.2, 0) is 14.2 Å². The first-order chi connectivity index (χ1) is 13.2. The highest BCUT2D eigenvalue weighted by Gasteiger charge is 2.13. The third-order valence-corrected chi connectivity index (χ3v) is 4.35. The van der Waals surface area contributed by atoms with E-state index in [1.807, 2.05) is 26.0 Å². The molecule has 1 aromatic rings. The number of aryl methyl sites for hydroxylation is 1. The van der Waals surface area contributed by atoms with Crippen molar-refractivity contribution in [2.24, 2.45) is 4.99 Å². The second-order valence-electron chi connectivity index (χ2n) is 6.52. The highest BCUT2D eigenvalue weighted by molar-refractivity contribution is 6.04. The SMILES string of the molecule is CCOCCOC(=NCCC[NH+]1CCOCC1)NC(=O)c1ccc(C)cc1. The Morgan fingerprint density at radius 2 is 1.96 bits per heavy atom. The highest BCUT2D eigenvalue weighted by Crippen LogP contribution is 2.03. The van der Waals surface area contributed by atoms with Gasteiger partial charge in [0.2, 0.25) is 0 Å². The summed E-state index contributed by atoms with van der Waals surface area (Å²) in [6, 6.07) is 7.67. The maximum Gasteiger partial charge on any atom is 0.291 e. The molecule has 0 spiro atoms. The fourth-order valence-corrected chi connectivity index (χ4v) is 2.76. The molecule has 1 aliphatic heterocycles. The zero-order chi connectivity index (χ0) is 19.3. The number of nitrogens with one attached hydrogen (secondary N) is 2. The number of quaternary nitrogens is 1. The minimum absolute atomic E-state index is 0.219. The summed E-state index contributed by atoms with van der Waals surface area (Å²) < 4.78 is 16.3. The molecular weight excluding hydrogens is 346 g/mol. The summed E-state index contributed by atoms with van der Waals surface area (Å²) in [7, 11) is 0. The van der Waals surface area contributed by atoms with Crippen LogP contribution < -0.4 is 10.2 Å². The van der Waals surface area contributed by atoms with Crippen LogP contribution in [0.4, 0.5) is 0 Å². The normalized spacial score (nSPS) is 15.6. The van der Waals surface area contributed by atoms with Crippen molar-refractivity contribution in [2.45, 2.75) is 20.3 Å². The molecule has 0 saturated carbocycles. The van der Waals surface area contributed by atoms with Crippen LogP contribution in [0.5, 0.6) is 0 Å². The minimum Gasteiger partial charge on any atom is -0.463 e. The number of amides is 1. The lowest BCUT2D eigenvalue weighted by molar-refractivity contribution is -0.908. The van der Waals surface area contributed by atoms with Gasteiger partial charge in [0, 0.05) is 25.1 Å². The van der Waals surface area contributed by atoms with E-state index < -0.39 is 0 Å². The highest BCUT2D eigenvalue weighted by atomic mass is 16.5. The Morgan fingerprint density at radius 3 is 2.67 bits per heavy atom. The van der Waals surface area contributed by atoms with Crippen LogP contribution in [0.2, 0.25) is 0 Å². The molecule has 1 heterocycles. The molecule has 2 rings (SSSR count). The van der Waals surface area contributed by atoms with Crippen LogP contribution in [0, 0.1) is 6.92 Å². The van der Waals surface area contributed by atoms with Gasteiger partial charge in [-0.2, -0.15) is 0 Å². The van der Waals surface area contributed by atoms with Crippen molar-refractivity contribution in [3.05, 3.63) is 35.4 Å². The van der Waals surface area contributed by atoms with E-state index in [4.69, 9.17) is 14.2 Å². The molecule has 1 aliphatic rings. The van der Waals surface area contributed by atoms with Gasteiger partial charge in [-0.25, -0.2) is 4.99 Å². The maximum atomic E-state index is 12.4. The van der Waals surface area contributed by atoms with Crippen molar-refractivity contribution in [2.75, 3.05) is 59.2 Å². The van der Waals surface area contributed by atoms with Crippen molar-refractivity contribution in [1.82, 2.24) is 5.32 Å². The van der Waals surface area contributed by atoms with Gasteiger partial charge >= 0.3 is 0 Å². The van der Waals surface area contributed by atoms with E-state index >= 15 is 0 Å². The Labute approximate surface area is 161 Å². The average Bonchev–Trinajstić information content (AvgIpc) is 2.69. The van der Waals surface area contributed by atoms with Gasteiger partial charge in [-0.05, 0) is 26.0 Å². The van der Waals surface area contributed by atoms with E-state index in [0.29, 0.717) is 31.9 Å². The molecule has 0 aromatic heterocycles. The largest absolute Gasteiger partial charge is 0.463 e. The average molecular weight is 378 g/mol. The summed E-state index contributed by atoms with van der Waals surface area (Å²) in [6.07, 6.45) is 0.939. The number of ether oxygens (including phenoxy) is 3. The van der Waals surface area contributed by atoms with Gasteiger partial charge in [0.15, 0.2) is 0 Å². The number of carbonyl (C=O) groups is 1. The fourth-order valence-electron chi connectivity index (χ4n) is 2.76. The molecule has 0 unspecified atom stereocenters. The summed E-state index contributed by atoms with van der Waals surface area (Å²) in [5, 5.41) is 2.77. The monoisotopic (exact) mass is 378 g/mol.